The van der Waals surface area contributed by atoms with Crippen LogP contribution in [-0.2, 0) is 22.3 Å². The molecule has 0 saturated heterocycles. The van der Waals surface area contributed by atoms with Crippen LogP contribution >= 0.6 is 0 Å². The van der Waals surface area contributed by atoms with E-state index in [0.29, 0.717) is 37.5 Å². The lowest BCUT2D eigenvalue weighted by Gasteiger charge is -2.08. The lowest BCUT2D eigenvalue weighted by Crippen LogP contribution is -2.28. The van der Waals surface area contributed by atoms with Gasteiger partial charge in [0.05, 0.1) is 18.9 Å². The lowest BCUT2D eigenvalue weighted by atomic mass is 10.0. The van der Waals surface area contributed by atoms with Crippen molar-refractivity contribution in [2.75, 3.05) is 26.4 Å². The molecule has 8 heteroatoms. The number of fused-ring (bicyclic) bond motifs is 2. The first-order valence-electron chi connectivity index (χ1n) is 8.87. The number of nitrogens with zero attached hydrogens (tertiary/aromatic N) is 3. The topological polar surface area (TPSA) is 78.3 Å². The molecule has 2 radical (unpaired) electrons. The third-order valence-corrected chi connectivity index (χ3v) is 5.08. The monoisotopic (exact) mass is 332 g/mol. The van der Waals surface area contributed by atoms with Gasteiger partial charge in [-0.05, 0) is 49.9 Å². The van der Waals surface area contributed by atoms with Gasteiger partial charge in [-0.25, -0.2) is 4.79 Å². The molecular formula is C16H25BN4O3. The summed E-state index contributed by atoms with van der Waals surface area (Å²) in [5, 5.41) is 10.8. The number of ether oxygens (including phenoxy) is 2. The van der Waals surface area contributed by atoms with E-state index >= 15 is 0 Å². The lowest BCUT2D eigenvalue weighted by molar-refractivity contribution is 0.118. The third kappa shape index (κ3) is 4.09. The van der Waals surface area contributed by atoms with Crippen molar-refractivity contribution < 1.29 is 14.3 Å². The number of aryl methyl sites for hydroxylation is 1. The molecule has 0 spiro atoms. The van der Waals surface area contributed by atoms with E-state index in [4.69, 9.17) is 17.5 Å². The van der Waals surface area contributed by atoms with Gasteiger partial charge in [-0.2, -0.15) is 0 Å². The summed E-state index contributed by atoms with van der Waals surface area (Å²) in [7, 11) is 5.81. The molecule has 24 heavy (non-hydrogen) atoms. The Kier molecular flexibility index (Phi) is 5.76. The molecule has 2 aliphatic carbocycles. The van der Waals surface area contributed by atoms with Gasteiger partial charge in [-0.15, -0.1) is 5.10 Å². The second-order valence-electron chi connectivity index (χ2n) is 6.63. The number of nitrogens with one attached hydrogen (secondary N) is 1. The van der Waals surface area contributed by atoms with Crippen LogP contribution in [0.25, 0.3) is 0 Å². The Balaban J connectivity index is 1.36. The zero-order chi connectivity index (χ0) is 16.9. The number of hydrogen-bond donors (Lipinski definition) is 1. The molecule has 3 unspecified atom stereocenters. The third-order valence-electron chi connectivity index (χ3n) is 5.08. The normalized spacial score (nSPS) is 25.1. The summed E-state index contributed by atoms with van der Waals surface area (Å²) in [6, 6.07) is 0. The second kappa shape index (κ2) is 8.01. The Morgan fingerprint density at radius 3 is 2.92 bits per heavy atom. The largest absolute Gasteiger partial charge is 0.449 e. The average molecular weight is 332 g/mol. The molecule has 1 aromatic rings. The minimum atomic E-state index is -0.350. The Labute approximate surface area is 143 Å². The van der Waals surface area contributed by atoms with E-state index in [1.807, 2.05) is 0 Å². The standard InChI is InChI=1S/C16H25BN4O3/c1-2-8-23-9-7-18-16(22)24-10-13-11-3-5-14-15(6-4-12(11)13)21(17)20-19-14/h11-13H,2-10H2,1H3,(H,18,22). The highest BCUT2D eigenvalue weighted by Gasteiger charge is 2.50. The van der Waals surface area contributed by atoms with Crippen LogP contribution < -0.4 is 5.32 Å². The molecular weight excluding hydrogens is 307 g/mol. The van der Waals surface area contributed by atoms with Crippen LogP contribution in [0.5, 0.6) is 0 Å². The van der Waals surface area contributed by atoms with Crippen molar-refractivity contribution >= 4 is 14.1 Å². The van der Waals surface area contributed by atoms with Crippen LogP contribution in [0.2, 0.25) is 0 Å². The van der Waals surface area contributed by atoms with Crippen molar-refractivity contribution in [3.05, 3.63) is 11.4 Å². The smallest absolute Gasteiger partial charge is 0.407 e. The van der Waals surface area contributed by atoms with E-state index in [-0.39, 0.29) is 6.09 Å². The minimum absolute atomic E-state index is 0.350. The Morgan fingerprint density at radius 2 is 2.12 bits per heavy atom. The van der Waals surface area contributed by atoms with E-state index in [1.54, 1.807) is 0 Å². The number of carbonyl (C=O) groups excluding carboxylic acids is 1. The summed E-state index contributed by atoms with van der Waals surface area (Å²) in [5.41, 5.74) is 2.07. The SMILES string of the molecule is [B]n1nnc2c1CCC1C(CC2)C1COC(=O)NCCOCCC. The van der Waals surface area contributed by atoms with Gasteiger partial charge in [0.25, 0.3) is 7.98 Å². The molecule has 1 N–H and O–H groups in total. The summed E-state index contributed by atoms with van der Waals surface area (Å²) in [6.07, 6.45) is 4.57. The second-order valence-corrected chi connectivity index (χ2v) is 6.63. The number of amides is 1. The van der Waals surface area contributed by atoms with Crippen molar-refractivity contribution in [3.8, 4) is 0 Å². The quantitative estimate of drug-likeness (QED) is 0.598. The van der Waals surface area contributed by atoms with Crippen LogP contribution in [0.4, 0.5) is 4.79 Å². The fraction of sp³-hybridized carbons (Fsp3) is 0.812. The highest BCUT2D eigenvalue weighted by atomic mass is 16.5. The van der Waals surface area contributed by atoms with Gasteiger partial charge in [-0.1, -0.05) is 12.1 Å². The molecule has 0 bridgehead atoms. The number of aromatic nitrogens is 3. The fourth-order valence-electron chi connectivity index (χ4n) is 3.73. The van der Waals surface area contributed by atoms with Gasteiger partial charge in [0.1, 0.15) is 0 Å². The van der Waals surface area contributed by atoms with Crippen LogP contribution in [0, 0.1) is 17.8 Å². The molecule has 7 nitrogen and oxygen atoms in total. The zero-order valence-electron chi connectivity index (χ0n) is 14.2. The molecule has 3 rings (SSSR count). The molecule has 0 aliphatic heterocycles. The van der Waals surface area contributed by atoms with Crippen molar-refractivity contribution in [2.24, 2.45) is 17.8 Å². The summed E-state index contributed by atoms with van der Waals surface area (Å²) in [4.78, 5) is 11.7. The zero-order valence-corrected chi connectivity index (χ0v) is 14.2. The Morgan fingerprint density at radius 1 is 1.33 bits per heavy atom. The van der Waals surface area contributed by atoms with Gasteiger partial charge in [0, 0.05) is 18.8 Å². The van der Waals surface area contributed by atoms with Gasteiger partial charge < -0.3 is 19.4 Å². The molecule has 0 aromatic carbocycles. The van der Waals surface area contributed by atoms with Crippen LogP contribution in [0.15, 0.2) is 0 Å². The van der Waals surface area contributed by atoms with Crippen molar-refractivity contribution in [3.63, 3.8) is 0 Å². The van der Waals surface area contributed by atoms with E-state index in [2.05, 4.69) is 22.6 Å². The molecule has 1 heterocycles. The average Bonchev–Trinajstić information content (AvgIpc) is 3.09. The Hall–Kier alpha value is -1.57. The maximum absolute atomic E-state index is 11.7. The van der Waals surface area contributed by atoms with Gasteiger partial charge >= 0.3 is 6.09 Å². The number of carbonyl (C=O) groups is 1. The van der Waals surface area contributed by atoms with E-state index in [0.717, 1.165) is 50.1 Å². The number of alkyl carbamates (subject to hydrolysis) is 1. The predicted octanol–water partition coefficient (Wildman–Crippen LogP) is 1.10. The van der Waals surface area contributed by atoms with E-state index < -0.39 is 0 Å². The van der Waals surface area contributed by atoms with Crippen LogP contribution in [0.3, 0.4) is 0 Å². The van der Waals surface area contributed by atoms with Gasteiger partial charge in [0.2, 0.25) is 0 Å². The maximum Gasteiger partial charge on any atom is 0.407 e. The summed E-state index contributed by atoms with van der Waals surface area (Å²) >= 11 is 0. The molecule has 1 saturated carbocycles. The predicted molar refractivity (Wildman–Crippen MR) is 88.7 cm³/mol. The first kappa shape index (κ1) is 17.3. The summed E-state index contributed by atoms with van der Waals surface area (Å²) in [5.74, 6) is 1.71. The van der Waals surface area contributed by atoms with Crippen molar-refractivity contribution in [2.45, 2.75) is 39.0 Å². The first-order valence-corrected chi connectivity index (χ1v) is 8.87. The van der Waals surface area contributed by atoms with E-state index in [9.17, 15) is 4.79 Å². The van der Waals surface area contributed by atoms with Crippen LogP contribution in [-0.4, -0.2) is 55.3 Å². The summed E-state index contributed by atoms with van der Waals surface area (Å²) in [6.45, 7) is 4.29. The van der Waals surface area contributed by atoms with Crippen molar-refractivity contribution in [1.29, 1.82) is 0 Å². The van der Waals surface area contributed by atoms with Gasteiger partial charge in [-0.3, -0.25) is 0 Å². The molecule has 2 aliphatic rings. The highest BCUT2D eigenvalue weighted by Crippen LogP contribution is 2.52. The molecule has 1 amide bonds. The highest BCUT2D eigenvalue weighted by molar-refractivity contribution is 6.06. The maximum atomic E-state index is 11.7. The summed E-state index contributed by atoms with van der Waals surface area (Å²) < 4.78 is 12.1. The van der Waals surface area contributed by atoms with E-state index in [1.165, 1.54) is 4.59 Å². The van der Waals surface area contributed by atoms with Gasteiger partial charge in [0.15, 0.2) is 0 Å². The molecule has 130 valence electrons. The number of rotatable bonds is 7. The first-order chi connectivity index (χ1) is 11.7. The fourth-order valence-corrected chi connectivity index (χ4v) is 3.73. The van der Waals surface area contributed by atoms with Crippen molar-refractivity contribution in [1.82, 2.24) is 20.2 Å². The number of hydrogen-bond acceptors (Lipinski definition) is 5. The molecule has 3 atom stereocenters. The minimum Gasteiger partial charge on any atom is -0.449 e. The molecule has 1 aromatic heterocycles. The molecule has 1 fully saturated rings. The van der Waals surface area contributed by atoms with Crippen LogP contribution in [0.1, 0.15) is 37.6 Å². The Bertz CT molecular complexity index is 566.